The van der Waals surface area contributed by atoms with Crippen LogP contribution >= 0.6 is 0 Å². The topological polar surface area (TPSA) is 51.7 Å². The molecule has 2 fully saturated rings. The highest BCUT2D eigenvalue weighted by Crippen LogP contribution is 2.37. The van der Waals surface area contributed by atoms with Crippen LogP contribution in [0.3, 0.4) is 0 Å². The van der Waals surface area contributed by atoms with Gasteiger partial charge in [-0.3, -0.25) is 4.79 Å². The van der Waals surface area contributed by atoms with Crippen molar-refractivity contribution in [3.63, 3.8) is 0 Å². The van der Waals surface area contributed by atoms with Gasteiger partial charge in [0.15, 0.2) is 0 Å². The van der Waals surface area contributed by atoms with E-state index < -0.39 is 11.6 Å². The number of halogens is 2. The Bertz CT molecular complexity index is 1340. The number of nitrogens with one attached hydrogen (secondary N) is 1. The first kappa shape index (κ1) is 25.7. The zero-order chi connectivity index (χ0) is 26.9. The molecule has 4 heterocycles. The number of carbonyl (C=O) groups excluding carboxylic acids is 1. The average molecular weight is 532 g/mol. The maximum Gasteiger partial charge on any atom is 0.254 e. The lowest BCUT2D eigenvalue weighted by Gasteiger charge is -2.36. The molecule has 2 saturated heterocycles. The van der Waals surface area contributed by atoms with Gasteiger partial charge in [0.05, 0.1) is 11.7 Å². The first-order valence-corrected chi connectivity index (χ1v) is 14.1. The summed E-state index contributed by atoms with van der Waals surface area (Å²) in [5.41, 5.74) is 3.72. The van der Waals surface area contributed by atoms with Crippen molar-refractivity contribution >= 4 is 17.4 Å². The number of pyridine rings is 1. The van der Waals surface area contributed by atoms with Crippen molar-refractivity contribution < 1.29 is 13.6 Å². The molecule has 2 unspecified atom stereocenters. The van der Waals surface area contributed by atoms with Gasteiger partial charge in [-0.2, -0.15) is 0 Å². The molecule has 0 aliphatic carbocycles. The van der Waals surface area contributed by atoms with Crippen molar-refractivity contribution in [2.45, 2.75) is 44.7 Å². The molecule has 1 N–H and O–H groups in total. The van der Waals surface area contributed by atoms with Gasteiger partial charge in [0.25, 0.3) is 5.91 Å². The highest BCUT2D eigenvalue weighted by molar-refractivity contribution is 5.95. The molecule has 0 saturated carbocycles. The number of benzene rings is 2. The van der Waals surface area contributed by atoms with Crippen LogP contribution in [0.4, 0.5) is 20.3 Å². The number of aromatic nitrogens is 1. The van der Waals surface area contributed by atoms with Crippen molar-refractivity contribution in [3.05, 3.63) is 77.5 Å². The number of carbonyl (C=O) groups is 1. The lowest BCUT2D eigenvalue weighted by Crippen LogP contribution is -2.42. The van der Waals surface area contributed by atoms with Crippen molar-refractivity contribution in [1.82, 2.24) is 14.8 Å². The number of rotatable bonds is 6. The second kappa shape index (κ2) is 10.9. The van der Waals surface area contributed by atoms with E-state index >= 15 is 0 Å². The standard InChI is InChI=1S/C31H35F2N5O/c1-21(27-18-25(32)10-11-28(27)33)37-16-12-34-30-29(37)17-24(19-35-30)22-6-8-23(9-7-22)31(39)38-15-4-5-26(38)20-36-13-2-3-14-36/h6-11,17-19,21,26H,2-5,12-16,20H2,1H3,(H,34,35). The number of likely N-dealkylation sites (tertiary alicyclic amines) is 2. The molecule has 3 aliphatic heterocycles. The fraction of sp³-hybridized carbons (Fsp3) is 0.419. The molecule has 3 aliphatic rings. The normalized spacial score (nSPS) is 20.1. The summed E-state index contributed by atoms with van der Waals surface area (Å²) in [6.45, 7) is 7.27. The monoisotopic (exact) mass is 531 g/mol. The first-order valence-electron chi connectivity index (χ1n) is 14.1. The second-order valence-electron chi connectivity index (χ2n) is 10.9. The van der Waals surface area contributed by atoms with Crippen LogP contribution in [0.15, 0.2) is 54.7 Å². The molecule has 1 amide bonds. The third-order valence-electron chi connectivity index (χ3n) is 8.47. The fourth-order valence-corrected chi connectivity index (χ4v) is 6.31. The zero-order valence-corrected chi connectivity index (χ0v) is 22.4. The second-order valence-corrected chi connectivity index (χ2v) is 10.9. The van der Waals surface area contributed by atoms with E-state index in [2.05, 4.69) is 25.0 Å². The van der Waals surface area contributed by atoms with Crippen LogP contribution in [0, 0.1) is 11.6 Å². The van der Waals surface area contributed by atoms with Crippen molar-refractivity contribution in [2.24, 2.45) is 0 Å². The molecule has 8 heteroatoms. The summed E-state index contributed by atoms with van der Waals surface area (Å²) in [6, 6.07) is 13.3. The largest absolute Gasteiger partial charge is 0.367 e. The summed E-state index contributed by atoms with van der Waals surface area (Å²) in [6.07, 6.45) is 6.46. The highest BCUT2D eigenvalue weighted by atomic mass is 19.1. The number of fused-ring (bicyclic) bond motifs is 1. The smallest absolute Gasteiger partial charge is 0.254 e. The van der Waals surface area contributed by atoms with Crippen LogP contribution in [0.25, 0.3) is 11.1 Å². The quantitative estimate of drug-likeness (QED) is 0.441. The number of amides is 1. The average Bonchev–Trinajstić information content (AvgIpc) is 3.66. The third kappa shape index (κ3) is 5.22. The molecule has 0 spiro atoms. The highest BCUT2D eigenvalue weighted by Gasteiger charge is 2.31. The summed E-state index contributed by atoms with van der Waals surface area (Å²) in [7, 11) is 0. The Morgan fingerprint density at radius 3 is 2.59 bits per heavy atom. The molecular weight excluding hydrogens is 496 g/mol. The third-order valence-corrected chi connectivity index (χ3v) is 8.47. The summed E-state index contributed by atoms with van der Waals surface area (Å²) < 4.78 is 28.5. The molecule has 2 atom stereocenters. The lowest BCUT2D eigenvalue weighted by atomic mass is 10.0. The van der Waals surface area contributed by atoms with Crippen molar-refractivity contribution in [2.75, 3.05) is 49.5 Å². The number of hydrogen-bond acceptors (Lipinski definition) is 5. The van der Waals surface area contributed by atoms with Crippen LogP contribution in [0.1, 0.15) is 54.6 Å². The minimum Gasteiger partial charge on any atom is -0.367 e. The number of nitrogens with zero attached hydrogens (tertiary/aromatic N) is 4. The molecule has 0 bridgehead atoms. The van der Waals surface area contributed by atoms with Gasteiger partial charge >= 0.3 is 0 Å². The van der Waals surface area contributed by atoms with Gasteiger partial charge in [0.1, 0.15) is 17.5 Å². The molecule has 6 rings (SSSR count). The van der Waals surface area contributed by atoms with E-state index in [9.17, 15) is 13.6 Å². The lowest BCUT2D eigenvalue weighted by molar-refractivity contribution is 0.0709. The molecule has 204 valence electrons. The Kier molecular flexibility index (Phi) is 7.21. The number of hydrogen-bond donors (Lipinski definition) is 1. The van der Waals surface area contributed by atoms with Crippen LogP contribution < -0.4 is 10.2 Å². The summed E-state index contributed by atoms with van der Waals surface area (Å²) in [5, 5.41) is 3.31. The van der Waals surface area contributed by atoms with Gasteiger partial charge < -0.3 is 20.0 Å². The molecule has 0 radical (unpaired) electrons. The van der Waals surface area contributed by atoms with E-state index in [0.29, 0.717) is 30.3 Å². The molecule has 1 aromatic heterocycles. The summed E-state index contributed by atoms with van der Waals surface area (Å²) in [4.78, 5) is 24.6. The van der Waals surface area contributed by atoms with E-state index in [1.807, 2.05) is 43.5 Å². The molecule has 2 aromatic carbocycles. The van der Waals surface area contributed by atoms with Gasteiger partial charge in [-0.25, -0.2) is 13.8 Å². The van der Waals surface area contributed by atoms with Gasteiger partial charge in [0.2, 0.25) is 0 Å². The van der Waals surface area contributed by atoms with Crippen LogP contribution in [0.5, 0.6) is 0 Å². The van der Waals surface area contributed by atoms with Crippen molar-refractivity contribution in [3.8, 4) is 11.1 Å². The van der Waals surface area contributed by atoms with Crippen LogP contribution in [0.2, 0.25) is 0 Å². The van der Waals surface area contributed by atoms with Gasteiger partial charge in [-0.15, -0.1) is 0 Å². The van der Waals surface area contributed by atoms with E-state index in [1.165, 1.54) is 25.0 Å². The zero-order valence-electron chi connectivity index (χ0n) is 22.4. The molecule has 6 nitrogen and oxygen atoms in total. The maximum atomic E-state index is 14.6. The van der Waals surface area contributed by atoms with Gasteiger partial charge in [-0.05, 0) is 87.7 Å². The Labute approximate surface area is 228 Å². The summed E-state index contributed by atoms with van der Waals surface area (Å²) in [5.74, 6) is -0.0490. The van der Waals surface area contributed by atoms with E-state index in [4.69, 9.17) is 0 Å². The SMILES string of the molecule is CC(c1cc(F)ccc1F)N1CCNc2ncc(-c3ccc(C(=O)N4CCCC4CN4CCCC4)cc3)cc21. The van der Waals surface area contributed by atoms with E-state index in [0.717, 1.165) is 67.7 Å². The van der Waals surface area contributed by atoms with Crippen LogP contribution in [-0.2, 0) is 0 Å². The first-order chi connectivity index (χ1) is 19.0. The minimum absolute atomic E-state index is 0.105. The Morgan fingerprint density at radius 2 is 1.79 bits per heavy atom. The minimum atomic E-state index is -0.452. The van der Waals surface area contributed by atoms with E-state index in [1.54, 1.807) is 0 Å². The predicted octanol–water partition coefficient (Wildman–Crippen LogP) is 5.72. The predicted molar refractivity (Wildman–Crippen MR) is 150 cm³/mol. The Balaban J connectivity index is 1.21. The molecular formula is C31H35F2N5O. The van der Waals surface area contributed by atoms with Gasteiger partial charge in [0, 0.05) is 55.1 Å². The van der Waals surface area contributed by atoms with Gasteiger partial charge in [-0.1, -0.05) is 12.1 Å². The number of anilines is 2. The summed E-state index contributed by atoms with van der Waals surface area (Å²) >= 11 is 0. The van der Waals surface area contributed by atoms with Crippen LogP contribution in [-0.4, -0.2) is 66.0 Å². The molecule has 3 aromatic rings. The maximum absolute atomic E-state index is 14.6. The molecule has 39 heavy (non-hydrogen) atoms. The Hall–Kier alpha value is -3.52. The van der Waals surface area contributed by atoms with Crippen molar-refractivity contribution in [1.29, 1.82) is 0 Å². The Morgan fingerprint density at radius 1 is 1.00 bits per heavy atom. The fourth-order valence-electron chi connectivity index (χ4n) is 6.31. The van der Waals surface area contributed by atoms with E-state index in [-0.39, 0.29) is 11.9 Å².